The predicted octanol–water partition coefficient (Wildman–Crippen LogP) is 3.01. The van der Waals surface area contributed by atoms with Crippen molar-refractivity contribution in [1.82, 2.24) is 10.6 Å². The first-order valence-corrected chi connectivity index (χ1v) is 8.33. The zero-order valence-corrected chi connectivity index (χ0v) is 14.7. The van der Waals surface area contributed by atoms with E-state index in [2.05, 4.69) is 15.6 Å². The molecular formula is C18H20F2N4O3. The second-order valence-electron chi connectivity index (χ2n) is 5.47. The van der Waals surface area contributed by atoms with E-state index in [0.29, 0.717) is 24.6 Å². The molecule has 0 fully saturated rings. The van der Waals surface area contributed by atoms with Crippen molar-refractivity contribution in [1.29, 1.82) is 0 Å². The van der Waals surface area contributed by atoms with Crippen molar-refractivity contribution in [3.63, 3.8) is 0 Å². The Morgan fingerprint density at radius 1 is 1.22 bits per heavy atom. The lowest BCUT2D eigenvalue weighted by molar-refractivity contribution is -0.384. The second kappa shape index (κ2) is 10.0. The summed E-state index contributed by atoms with van der Waals surface area (Å²) >= 11 is 0. The summed E-state index contributed by atoms with van der Waals surface area (Å²) < 4.78 is 31.6. The lowest BCUT2D eigenvalue weighted by atomic mass is 10.2. The Bertz CT molecular complexity index is 815. The topological polar surface area (TPSA) is 88.8 Å². The molecule has 27 heavy (non-hydrogen) atoms. The first kappa shape index (κ1) is 20.1. The van der Waals surface area contributed by atoms with Gasteiger partial charge in [0.1, 0.15) is 12.4 Å². The average Bonchev–Trinajstić information content (AvgIpc) is 2.64. The molecule has 144 valence electrons. The highest BCUT2D eigenvalue weighted by molar-refractivity contribution is 5.79. The molecule has 0 aliphatic carbocycles. The van der Waals surface area contributed by atoms with Crippen molar-refractivity contribution in [3.8, 4) is 5.75 Å². The number of ether oxygens (including phenoxy) is 1. The molecule has 0 spiro atoms. The van der Waals surface area contributed by atoms with E-state index in [9.17, 15) is 18.9 Å². The maximum Gasteiger partial charge on any atom is 0.269 e. The maximum absolute atomic E-state index is 13.5. The van der Waals surface area contributed by atoms with Gasteiger partial charge in [-0.3, -0.25) is 10.1 Å². The third kappa shape index (κ3) is 6.53. The average molecular weight is 378 g/mol. The van der Waals surface area contributed by atoms with Gasteiger partial charge in [-0.05, 0) is 24.6 Å². The van der Waals surface area contributed by atoms with Gasteiger partial charge in [0.25, 0.3) is 5.69 Å². The fraction of sp³-hybridized carbons (Fsp3) is 0.278. The van der Waals surface area contributed by atoms with Crippen LogP contribution in [0.3, 0.4) is 0 Å². The molecule has 0 aromatic heterocycles. The Balaban J connectivity index is 1.88. The first-order valence-electron chi connectivity index (χ1n) is 8.33. The Kier molecular flexibility index (Phi) is 7.48. The van der Waals surface area contributed by atoms with Crippen LogP contribution >= 0.6 is 0 Å². The lowest BCUT2D eigenvalue weighted by Crippen LogP contribution is -2.39. The van der Waals surface area contributed by atoms with Crippen LogP contribution in [0, 0.1) is 21.7 Å². The molecule has 0 radical (unpaired) electrons. The number of nitrogens with one attached hydrogen (secondary N) is 2. The molecule has 2 aromatic rings. The fourth-order valence-corrected chi connectivity index (χ4v) is 2.20. The van der Waals surface area contributed by atoms with Crippen LogP contribution in [0.5, 0.6) is 5.75 Å². The molecule has 2 aromatic carbocycles. The van der Waals surface area contributed by atoms with Gasteiger partial charge in [-0.15, -0.1) is 0 Å². The van der Waals surface area contributed by atoms with Gasteiger partial charge in [0, 0.05) is 24.7 Å². The zero-order chi connectivity index (χ0) is 19.6. The van der Waals surface area contributed by atoms with E-state index in [-0.39, 0.29) is 24.6 Å². The van der Waals surface area contributed by atoms with Crippen LogP contribution in [0.1, 0.15) is 12.5 Å². The molecule has 7 nitrogen and oxygen atoms in total. The van der Waals surface area contributed by atoms with E-state index in [0.717, 1.165) is 12.1 Å². The van der Waals surface area contributed by atoms with Crippen molar-refractivity contribution in [3.05, 3.63) is 69.8 Å². The third-order valence-electron chi connectivity index (χ3n) is 3.43. The van der Waals surface area contributed by atoms with E-state index in [1.54, 1.807) is 12.1 Å². The highest BCUT2D eigenvalue weighted by Gasteiger charge is 2.06. The number of nitro groups is 1. The maximum atomic E-state index is 13.5. The van der Waals surface area contributed by atoms with E-state index in [4.69, 9.17) is 4.74 Å². The number of aliphatic imine (C=N–C) groups is 1. The van der Waals surface area contributed by atoms with Crippen LogP contribution in [0.25, 0.3) is 0 Å². The first-order chi connectivity index (χ1) is 13.0. The Hall–Kier alpha value is -3.23. The van der Waals surface area contributed by atoms with Gasteiger partial charge in [0.2, 0.25) is 0 Å². The number of halogens is 2. The van der Waals surface area contributed by atoms with E-state index < -0.39 is 16.6 Å². The largest absolute Gasteiger partial charge is 0.489 e. The molecule has 0 unspecified atom stereocenters. The van der Waals surface area contributed by atoms with Crippen LogP contribution < -0.4 is 15.4 Å². The Morgan fingerprint density at radius 2 is 2.04 bits per heavy atom. The summed E-state index contributed by atoms with van der Waals surface area (Å²) in [6, 6.07) is 9.35. The SMILES string of the molecule is CCNC(=NCc1cccc([N+](=O)[O-])c1)NCCOc1ccc(F)cc1F. The van der Waals surface area contributed by atoms with Crippen molar-refractivity contribution >= 4 is 11.6 Å². The predicted molar refractivity (Wildman–Crippen MR) is 97.8 cm³/mol. The summed E-state index contributed by atoms with van der Waals surface area (Å²) in [7, 11) is 0. The number of guanidine groups is 1. The highest BCUT2D eigenvalue weighted by atomic mass is 19.1. The smallest absolute Gasteiger partial charge is 0.269 e. The second-order valence-corrected chi connectivity index (χ2v) is 5.47. The lowest BCUT2D eigenvalue weighted by Gasteiger charge is -2.12. The van der Waals surface area contributed by atoms with Gasteiger partial charge in [0.05, 0.1) is 18.0 Å². The minimum absolute atomic E-state index is 0.00962. The van der Waals surface area contributed by atoms with Crippen LogP contribution in [-0.2, 0) is 6.54 Å². The van der Waals surface area contributed by atoms with Crippen molar-refractivity contribution in [2.24, 2.45) is 4.99 Å². The molecule has 2 N–H and O–H groups in total. The van der Waals surface area contributed by atoms with Gasteiger partial charge < -0.3 is 15.4 Å². The van der Waals surface area contributed by atoms with E-state index in [1.807, 2.05) is 6.92 Å². The van der Waals surface area contributed by atoms with Gasteiger partial charge >= 0.3 is 0 Å². The summed E-state index contributed by atoms with van der Waals surface area (Å²) in [6.45, 7) is 3.25. The molecule has 0 bridgehead atoms. The van der Waals surface area contributed by atoms with Crippen LogP contribution in [0.15, 0.2) is 47.5 Å². The highest BCUT2D eigenvalue weighted by Crippen LogP contribution is 2.17. The number of hydrogen-bond acceptors (Lipinski definition) is 4. The summed E-state index contributed by atoms with van der Waals surface area (Å²) in [5.41, 5.74) is 0.710. The standard InChI is InChI=1S/C18H20F2N4O3/c1-2-21-18(23-12-13-4-3-5-15(10-13)24(25)26)22-8-9-27-17-7-6-14(19)11-16(17)20/h3-7,10-11H,2,8-9,12H2,1H3,(H2,21,22,23). The quantitative estimate of drug-likeness (QED) is 0.242. The normalized spacial score (nSPS) is 11.1. The molecule has 0 heterocycles. The zero-order valence-electron chi connectivity index (χ0n) is 14.7. The molecule has 9 heteroatoms. The van der Waals surface area contributed by atoms with Crippen molar-refractivity contribution < 1.29 is 18.4 Å². The molecule has 0 aliphatic heterocycles. The van der Waals surface area contributed by atoms with Crippen LogP contribution in [0.4, 0.5) is 14.5 Å². The fourth-order valence-electron chi connectivity index (χ4n) is 2.20. The van der Waals surface area contributed by atoms with Crippen LogP contribution in [0.2, 0.25) is 0 Å². The monoisotopic (exact) mass is 378 g/mol. The number of hydrogen-bond donors (Lipinski definition) is 2. The Labute approximate surface area is 155 Å². The molecule has 0 amide bonds. The molecule has 0 saturated heterocycles. The van der Waals surface area contributed by atoms with Crippen molar-refractivity contribution in [2.45, 2.75) is 13.5 Å². The summed E-state index contributed by atoms with van der Waals surface area (Å²) in [5.74, 6) is -0.967. The van der Waals surface area contributed by atoms with Gasteiger partial charge in [-0.1, -0.05) is 12.1 Å². The summed E-state index contributed by atoms with van der Waals surface area (Å²) in [4.78, 5) is 14.7. The van der Waals surface area contributed by atoms with Crippen LogP contribution in [-0.4, -0.2) is 30.6 Å². The Morgan fingerprint density at radius 3 is 2.74 bits per heavy atom. The van der Waals surface area contributed by atoms with Gasteiger partial charge in [0.15, 0.2) is 17.5 Å². The number of nitro benzene ring substituents is 1. The third-order valence-corrected chi connectivity index (χ3v) is 3.43. The number of benzene rings is 2. The molecule has 2 rings (SSSR count). The number of non-ortho nitro benzene ring substituents is 1. The minimum atomic E-state index is -0.763. The molecular weight excluding hydrogens is 358 g/mol. The van der Waals surface area contributed by atoms with E-state index in [1.165, 1.54) is 18.2 Å². The summed E-state index contributed by atoms with van der Waals surface area (Å²) in [6.07, 6.45) is 0. The number of nitrogens with zero attached hydrogens (tertiary/aromatic N) is 2. The molecule has 0 aliphatic rings. The molecule has 0 atom stereocenters. The number of rotatable bonds is 8. The van der Waals surface area contributed by atoms with Gasteiger partial charge in [-0.2, -0.15) is 0 Å². The molecule has 0 saturated carbocycles. The van der Waals surface area contributed by atoms with Gasteiger partial charge in [-0.25, -0.2) is 13.8 Å². The summed E-state index contributed by atoms with van der Waals surface area (Å²) in [5, 5.41) is 16.9. The van der Waals surface area contributed by atoms with E-state index >= 15 is 0 Å². The minimum Gasteiger partial charge on any atom is -0.489 e. The van der Waals surface area contributed by atoms with Crippen molar-refractivity contribution in [2.75, 3.05) is 19.7 Å².